The largest absolute Gasteiger partial charge is 0.427 e. The van der Waals surface area contributed by atoms with Crippen molar-refractivity contribution in [1.82, 2.24) is 5.32 Å². The molecule has 0 heterocycles. The van der Waals surface area contributed by atoms with Crippen LogP contribution in [0.25, 0.3) is 6.08 Å². The van der Waals surface area contributed by atoms with E-state index in [0.29, 0.717) is 24.3 Å². The fourth-order valence-corrected chi connectivity index (χ4v) is 2.02. The second-order valence-corrected chi connectivity index (χ2v) is 7.06. The van der Waals surface area contributed by atoms with Crippen molar-refractivity contribution in [1.29, 1.82) is 5.26 Å². The van der Waals surface area contributed by atoms with Crippen LogP contribution < -0.4 is 10.1 Å². The van der Waals surface area contributed by atoms with Crippen LogP contribution in [-0.4, -0.2) is 18.4 Å². The third-order valence-electron chi connectivity index (χ3n) is 3.28. The molecule has 25 heavy (non-hydrogen) atoms. The predicted octanol–water partition coefficient (Wildman–Crippen LogP) is 3.85. The Bertz CT molecular complexity index is 662. The minimum atomic E-state index is -0.378. The van der Waals surface area contributed by atoms with Crippen molar-refractivity contribution < 1.29 is 14.3 Å². The lowest BCUT2D eigenvalue weighted by atomic mass is 9.92. The third kappa shape index (κ3) is 8.16. The molecule has 1 amide bonds. The lowest BCUT2D eigenvalue weighted by molar-refractivity contribution is -0.136. The zero-order chi connectivity index (χ0) is 18.9. The predicted molar refractivity (Wildman–Crippen MR) is 97.7 cm³/mol. The summed E-state index contributed by atoms with van der Waals surface area (Å²) in [6, 6.07) is 8.62. The number of unbranched alkanes of at least 4 members (excludes halogenated alkanes) is 1. The molecule has 1 N–H and O–H groups in total. The highest BCUT2D eigenvalue weighted by atomic mass is 16.5. The van der Waals surface area contributed by atoms with E-state index in [1.165, 1.54) is 6.08 Å². The van der Waals surface area contributed by atoms with E-state index in [9.17, 15) is 9.59 Å². The van der Waals surface area contributed by atoms with Gasteiger partial charge in [-0.25, -0.2) is 0 Å². The topological polar surface area (TPSA) is 79.2 Å². The van der Waals surface area contributed by atoms with Gasteiger partial charge in [0, 0.05) is 6.54 Å². The van der Waals surface area contributed by atoms with E-state index in [1.807, 2.05) is 33.8 Å². The molecule has 0 unspecified atom stereocenters. The number of benzene rings is 1. The van der Waals surface area contributed by atoms with Crippen LogP contribution in [0.4, 0.5) is 0 Å². The summed E-state index contributed by atoms with van der Waals surface area (Å²) in [5.74, 6) is -0.224. The molecule has 0 saturated carbocycles. The van der Waals surface area contributed by atoms with E-state index in [4.69, 9.17) is 10.00 Å². The van der Waals surface area contributed by atoms with E-state index >= 15 is 0 Å². The molecule has 1 rings (SSSR count). The molecule has 1 aromatic carbocycles. The first-order chi connectivity index (χ1) is 11.7. The van der Waals surface area contributed by atoms with Crippen molar-refractivity contribution >= 4 is 18.0 Å². The number of esters is 1. The number of hydrogen-bond donors (Lipinski definition) is 1. The molecule has 5 heteroatoms. The lowest BCUT2D eigenvalue weighted by Gasteiger charge is -2.16. The van der Waals surface area contributed by atoms with Gasteiger partial charge in [-0.2, -0.15) is 5.26 Å². The maximum atomic E-state index is 11.9. The Kier molecular flexibility index (Phi) is 7.87. The van der Waals surface area contributed by atoms with Gasteiger partial charge in [-0.05, 0) is 35.6 Å². The van der Waals surface area contributed by atoms with Crippen LogP contribution in [0, 0.1) is 16.7 Å². The molecule has 0 saturated heterocycles. The van der Waals surface area contributed by atoms with Gasteiger partial charge < -0.3 is 10.1 Å². The average Bonchev–Trinajstić information content (AvgIpc) is 2.52. The Hall–Kier alpha value is -2.61. The third-order valence-corrected chi connectivity index (χ3v) is 3.28. The maximum absolute atomic E-state index is 11.9. The minimum absolute atomic E-state index is 0.0496. The molecule has 0 aliphatic rings. The van der Waals surface area contributed by atoms with Crippen LogP contribution in [0.3, 0.4) is 0 Å². The molecular formula is C20H26N2O3. The second kappa shape index (κ2) is 9.63. The van der Waals surface area contributed by atoms with Crippen LogP contribution in [0.2, 0.25) is 0 Å². The van der Waals surface area contributed by atoms with Gasteiger partial charge in [0.15, 0.2) is 0 Å². The molecule has 0 aromatic heterocycles. The van der Waals surface area contributed by atoms with Crippen LogP contribution in [-0.2, 0) is 9.59 Å². The molecule has 0 aliphatic carbocycles. The highest BCUT2D eigenvalue weighted by Crippen LogP contribution is 2.21. The summed E-state index contributed by atoms with van der Waals surface area (Å²) >= 11 is 0. The molecule has 5 nitrogen and oxygen atoms in total. The van der Waals surface area contributed by atoms with Gasteiger partial charge in [-0.1, -0.05) is 46.2 Å². The zero-order valence-corrected chi connectivity index (χ0v) is 15.4. The minimum Gasteiger partial charge on any atom is -0.427 e. The second-order valence-electron chi connectivity index (χ2n) is 7.06. The SMILES string of the molecule is CCCCNC(=O)/C(C#N)=C/c1ccc(OC(=O)CC(C)(C)C)cc1. The Morgan fingerprint density at radius 1 is 1.24 bits per heavy atom. The number of ether oxygens (including phenoxy) is 1. The molecule has 0 aliphatic heterocycles. The highest BCUT2D eigenvalue weighted by Gasteiger charge is 2.17. The van der Waals surface area contributed by atoms with Crippen molar-refractivity contribution in [2.45, 2.75) is 47.0 Å². The summed E-state index contributed by atoms with van der Waals surface area (Å²) in [5.41, 5.74) is 0.610. The summed E-state index contributed by atoms with van der Waals surface area (Å²) < 4.78 is 5.29. The number of nitriles is 1. The first kappa shape index (κ1) is 20.4. The molecule has 0 spiro atoms. The monoisotopic (exact) mass is 342 g/mol. The number of carbonyl (C=O) groups is 2. The molecular weight excluding hydrogens is 316 g/mol. The normalized spacial score (nSPS) is 11.6. The van der Waals surface area contributed by atoms with Gasteiger partial charge in [0.25, 0.3) is 5.91 Å². The molecule has 0 bridgehead atoms. The molecule has 0 atom stereocenters. The van der Waals surface area contributed by atoms with Gasteiger partial charge >= 0.3 is 5.97 Å². The van der Waals surface area contributed by atoms with E-state index in [-0.39, 0.29) is 22.9 Å². The van der Waals surface area contributed by atoms with Crippen molar-refractivity contribution in [3.05, 3.63) is 35.4 Å². The summed E-state index contributed by atoms with van der Waals surface area (Å²) in [5, 5.41) is 11.9. The molecule has 134 valence electrons. The van der Waals surface area contributed by atoms with Crippen molar-refractivity contribution in [2.24, 2.45) is 5.41 Å². The van der Waals surface area contributed by atoms with E-state index < -0.39 is 0 Å². The Labute approximate surface area is 149 Å². The fourth-order valence-electron chi connectivity index (χ4n) is 2.02. The highest BCUT2D eigenvalue weighted by molar-refractivity contribution is 6.01. The van der Waals surface area contributed by atoms with Crippen molar-refractivity contribution in [3.63, 3.8) is 0 Å². The maximum Gasteiger partial charge on any atom is 0.311 e. The number of carbonyl (C=O) groups excluding carboxylic acids is 2. The molecule has 0 fully saturated rings. The van der Waals surface area contributed by atoms with E-state index in [2.05, 4.69) is 5.32 Å². The summed E-state index contributed by atoms with van der Waals surface area (Å²) in [4.78, 5) is 23.7. The number of nitrogens with one attached hydrogen (secondary N) is 1. The fraction of sp³-hybridized carbons (Fsp3) is 0.450. The quantitative estimate of drug-likeness (QED) is 0.268. The van der Waals surface area contributed by atoms with Gasteiger partial charge in [-0.15, -0.1) is 0 Å². The summed E-state index contributed by atoms with van der Waals surface area (Å²) in [6.07, 6.45) is 3.69. The standard InChI is InChI=1S/C20H26N2O3/c1-5-6-11-22-19(24)16(14-21)12-15-7-9-17(10-8-15)25-18(23)13-20(2,3)4/h7-10,12H,5-6,11,13H2,1-4H3,(H,22,24)/b16-12+. The van der Waals surface area contributed by atoms with Gasteiger partial charge in [0.1, 0.15) is 17.4 Å². The first-order valence-corrected chi connectivity index (χ1v) is 8.46. The van der Waals surface area contributed by atoms with Crippen molar-refractivity contribution in [2.75, 3.05) is 6.54 Å². The number of hydrogen-bond acceptors (Lipinski definition) is 4. The van der Waals surface area contributed by atoms with Gasteiger partial charge in [-0.3, -0.25) is 9.59 Å². The molecule has 1 aromatic rings. The first-order valence-electron chi connectivity index (χ1n) is 8.46. The van der Waals surface area contributed by atoms with Crippen LogP contribution in [0.1, 0.15) is 52.5 Å². The van der Waals surface area contributed by atoms with Crippen LogP contribution in [0.15, 0.2) is 29.8 Å². The van der Waals surface area contributed by atoms with E-state index in [0.717, 1.165) is 12.8 Å². The van der Waals surface area contributed by atoms with Crippen LogP contribution in [0.5, 0.6) is 5.75 Å². The summed E-state index contributed by atoms with van der Waals surface area (Å²) in [6.45, 7) is 8.49. The smallest absolute Gasteiger partial charge is 0.311 e. The van der Waals surface area contributed by atoms with Gasteiger partial charge in [0.05, 0.1) is 6.42 Å². The molecule has 0 radical (unpaired) electrons. The number of nitrogens with zero attached hydrogens (tertiary/aromatic N) is 1. The number of amides is 1. The number of rotatable bonds is 7. The lowest BCUT2D eigenvalue weighted by Crippen LogP contribution is -2.25. The van der Waals surface area contributed by atoms with Crippen LogP contribution >= 0.6 is 0 Å². The average molecular weight is 342 g/mol. The Morgan fingerprint density at radius 3 is 2.40 bits per heavy atom. The Morgan fingerprint density at radius 2 is 1.88 bits per heavy atom. The van der Waals surface area contributed by atoms with Crippen molar-refractivity contribution in [3.8, 4) is 11.8 Å². The van der Waals surface area contributed by atoms with Gasteiger partial charge in [0.2, 0.25) is 0 Å². The Balaban J connectivity index is 2.72. The summed E-state index contributed by atoms with van der Waals surface area (Å²) in [7, 11) is 0. The zero-order valence-electron chi connectivity index (χ0n) is 15.4. The van der Waals surface area contributed by atoms with E-state index in [1.54, 1.807) is 24.3 Å².